The SMILES string of the molecule is Cl.O=C(Nc1ccc(CNC(=O)C2CC23CCNCC3)cc1)c1ccc(F)cc1. The number of carbonyl (C=O) groups excluding carboxylic acids is 2. The summed E-state index contributed by atoms with van der Waals surface area (Å²) in [5, 5.41) is 9.17. The van der Waals surface area contributed by atoms with Gasteiger partial charge in [0.2, 0.25) is 5.91 Å². The van der Waals surface area contributed by atoms with Crippen LogP contribution >= 0.6 is 12.4 Å². The van der Waals surface area contributed by atoms with Gasteiger partial charge in [0.05, 0.1) is 0 Å². The summed E-state index contributed by atoms with van der Waals surface area (Å²) in [6, 6.07) is 12.8. The summed E-state index contributed by atoms with van der Waals surface area (Å²) < 4.78 is 12.9. The topological polar surface area (TPSA) is 70.2 Å². The Morgan fingerprint density at radius 1 is 1.03 bits per heavy atom. The minimum Gasteiger partial charge on any atom is -0.352 e. The van der Waals surface area contributed by atoms with Crippen LogP contribution in [-0.4, -0.2) is 24.9 Å². The Bertz CT molecular complexity index is 865. The second-order valence-corrected chi connectivity index (χ2v) is 7.74. The molecule has 0 radical (unpaired) electrons. The minimum absolute atomic E-state index is 0. The summed E-state index contributed by atoms with van der Waals surface area (Å²) >= 11 is 0. The standard InChI is InChI=1S/C22H24FN3O2.ClH/c23-17-5-3-16(4-6-17)20(27)26-18-7-1-15(2-8-18)14-25-21(28)19-13-22(19)9-11-24-12-10-22;/h1-8,19,24H,9-14H2,(H,25,28)(H,26,27);1H. The molecule has 2 amide bonds. The normalized spacial score (nSPS) is 19.1. The van der Waals surface area contributed by atoms with Crippen LogP contribution in [0, 0.1) is 17.2 Å². The molecule has 1 saturated carbocycles. The van der Waals surface area contributed by atoms with Crippen molar-refractivity contribution in [3.8, 4) is 0 Å². The number of hydrogen-bond acceptors (Lipinski definition) is 3. The molecule has 2 aliphatic rings. The van der Waals surface area contributed by atoms with Crippen LogP contribution in [0.25, 0.3) is 0 Å². The van der Waals surface area contributed by atoms with E-state index in [1.807, 2.05) is 12.1 Å². The number of piperidine rings is 1. The highest BCUT2D eigenvalue weighted by molar-refractivity contribution is 6.04. The van der Waals surface area contributed by atoms with Gasteiger partial charge in [-0.25, -0.2) is 4.39 Å². The molecule has 2 aromatic rings. The molecule has 1 heterocycles. The van der Waals surface area contributed by atoms with Crippen LogP contribution in [0.4, 0.5) is 10.1 Å². The molecule has 4 rings (SSSR count). The van der Waals surface area contributed by atoms with E-state index in [2.05, 4.69) is 16.0 Å². The summed E-state index contributed by atoms with van der Waals surface area (Å²) in [6.07, 6.45) is 3.19. The van der Waals surface area contributed by atoms with Crippen LogP contribution in [0.15, 0.2) is 48.5 Å². The molecule has 1 saturated heterocycles. The van der Waals surface area contributed by atoms with E-state index in [-0.39, 0.29) is 41.4 Å². The zero-order chi connectivity index (χ0) is 19.6. The lowest BCUT2D eigenvalue weighted by atomic mass is 9.92. The number of carbonyl (C=O) groups is 2. The monoisotopic (exact) mass is 417 g/mol. The van der Waals surface area contributed by atoms with Crippen molar-refractivity contribution in [2.24, 2.45) is 11.3 Å². The van der Waals surface area contributed by atoms with Gasteiger partial charge >= 0.3 is 0 Å². The summed E-state index contributed by atoms with van der Waals surface area (Å²) in [7, 11) is 0. The van der Waals surface area contributed by atoms with E-state index >= 15 is 0 Å². The first-order chi connectivity index (χ1) is 13.6. The highest BCUT2D eigenvalue weighted by Gasteiger charge is 2.57. The van der Waals surface area contributed by atoms with Gasteiger partial charge in [-0.1, -0.05) is 12.1 Å². The quantitative estimate of drug-likeness (QED) is 0.697. The first-order valence-corrected chi connectivity index (χ1v) is 9.70. The van der Waals surface area contributed by atoms with Crippen LogP contribution in [0.2, 0.25) is 0 Å². The van der Waals surface area contributed by atoms with Crippen molar-refractivity contribution in [1.82, 2.24) is 10.6 Å². The maximum absolute atomic E-state index is 12.9. The Labute approximate surface area is 175 Å². The molecule has 1 unspecified atom stereocenters. The zero-order valence-corrected chi connectivity index (χ0v) is 16.9. The number of halogens is 2. The second kappa shape index (κ2) is 8.93. The third-order valence-corrected chi connectivity index (χ3v) is 5.89. The van der Waals surface area contributed by atoms with E-state index in [9.17, 15) is 14.0 Å². The minimum atomic E-state index is -0.375. The Kier molecular flexibility index (Phi) is 6.55. The van der Waals surface area contributed by atoms with Crippen molar-refractivity contribution in [2.75, 3.05) is 18.4 Å². The molecular formula is C22H25ClFN3O2. The number of nitrogens with one attached hydrogen (secondary N) is 3. The molecule has 1 spiro atoms. The lowest BCUT2D eigenvalue weighted by molar-refractivity contribution is -0.123. The summed E-state index contributed by atoms with van der Waals surface area (Å²) in [5.41, 5.74) is 2.27. The third kappa shape index (κ3) is 4.95. The number of benzene rings is 2. The smallest absolute Gasteiger partial charge is 0.255 e. The fourth-order valence-corrected chi connectivity index (χ4v) is 4.02. The first kappa shape index (κ1) is 21.3. The highest BCUT2D eigenvalue weighted by atomic mass is 35.5. The molecule has 2 fully saturated rings. The van der Waals surface area contributed by atoms with E-state index in [1.165, 1.54) is 24.3 Å². The van der Waals surface area contributed by atoms with Gasteiger partial charge in [-0.05, 0) is 79.7 Å². The molecule has 1 aliphatic heterocycles. The molecule has 0 bridgehead atoms. The predicted octanol–water partition coefficient (Wildman–Crippen LogP) is 3.51. The van der Waals surface area contributed by atoms with Gasteiger partial charge in [0, 0.05) is 23.7 Å². The van der Waals surface area contributed by atoms with Crippen LogP contribution in [0.1, 0.15) is 35.2 Å². The van der Waals surface area contributed by atoms with Crippen molar-refractivity contribution in [2.45, 2.75) is 25.8 Å². The number of anilines is 1. The van der Waals surface area contributed by atoms with Crippen molar-refractivity contribution < 1.29 is 14.0 Å². The van der Waals surface area contributed by atoms with Crippen LogP contribution in [0.3, 0.4) is 0 Å². The van der Waals surface area contributed by atoms with E-state index in [1.54, 1.807) is 12.1 Å². The Balaban J connectivity index is 0.00000240. The van der Waals surface area contributed by atoms with Gasteiger partial charge in [0.25, 0.3) is 5.91 Å². The van der Waals surface area contributed by atoms with Crippen molar-refractivity contribution >= 4 is 29.9 Å². The van der Waals surface area contributed by atoms with Crippen molar-refractivity contribution in [1.29, 1.82) is 0 Å². The molecule has 3 N–H and O–H groups in total. The van der Waals surface area contributed by atoms with Gasteiger partial charge in [0.1, 0.15) is 5.82 Å². The van der Waals surface area contributed by atoms with E-state index < -0.39 is 0 Å². The van der Waals surface area contributed by atoms with Gasteiger partial charge in [0.15, 0.2) is 0 Å². The van der Waals surface area contributed by atoms with Crippen LogP contribution in [0.5, 0.6) is 0 Å². The first-order valence-electron chi connectivity index (χ1n) is 9.70. The third-order valence-electron chi connectivity index (χ3n) is 5.89. The number of hydrogen-bond donors (Lipinski definition) is 3. The molecule has 154 valence electrons. The largest absolute Gasteiger partial charge is 0.352 e. The fourth-order valence-electron chi connectivity index (χ4n) is 4.02. The molecule has 29 heavy (non-hydrogen) atoms. The molecule has 7 heteroatoms. The molecule has 1 atom stereocenters. The average molecular weight is 418 g/mol. The molecule has 0 aromatic heterocycles. The van der Waals surface area contributed by atoms with Gasteiger partial charge in [-0.2, -0.15) is 0 Å². The van der Waals surface area contributed by atoms with Crippen LogP contribution < -0.4 is 16.0 Å². The summed E-state index contributed by atoms with van der Waals surface area (Å²) in [6.45, 7) is 2.50. The van der Waals surface area contributed by atoms with Gasteiger partial charge in [-0.3, -0.25) is 9.59 Å². The molecule has 1 aliphatic carbocycles. The Hall–Kier alpha value is -2.44. The Morgan fingerprint density at radius 3 is 2.34 bits per heavy atom. The zero-order valence-electron chi connectivity index (χ0n) is 16.0. The van der Waals surface area contributed by atoms with Crippen molar-refractivity contribution in [3.63, 3.8) is 0 Å². The van der Waals surface area contributed by atoms with E-state index in [0.29, 0.717) is 17.8 Å². The van der Waals surface area contributed by atoms with E-state index in [0.717, 1.165) is 37.9 Å². The summed E-state index contributed by atoms with van der Waals surface area (Å²) in [4.78, 5) is 24.6. The maximum atomic E-state index is 12.9. The summed E-state index contributed by atoms with van der Waals surface area (Å²) in [5.74, 6) is -0.360. The van der Waals surface area contributed by atoms with E-state index in [4.69, 9.17) is 0 Å². The second-order valence-electron chi connectivity index (χ2n) is 7.74. The predicted molar refractivity (Wildman–Crippen MR) is 113 cm³/mol. The molecule has 2 aromatic carbocycles. The van der Waals surface area contributed by atoms with Crippen LogP contribution in [-0.2, 0) is 11.3 Å². The fraction of sp³-hybridized carbons (Fsp3) is 0.364. The van der Waals surface area contributed by atoms with Crippen molar-refractivity contribution in [3.05, 3.63) is 65.5 Å². The molecular weight excluding hydrogens is 393 g/mol. The highest BCUT2D eigenvalue weighted by Crippen LogP contribution is 2.58. The lowest BCUT2D eigenvalue weighted by Crippen LogP contribution is -2.33. The number of rotatable bonds is 5. The maximum Gasteiger partial charge on any atom is 0.255 e. The number of amides is 2. The lowest BCUT2D eigenvalue weighted by Gasteiger charge is -2.23. The van der Waals surface area contributed by atoms with Gasteiger partial charge < -0.3 is 16.0 Å². The average Bonchev–Trinajstić information content (AvgIpc) is 3.41. The Morgan fingerprint density at radius 2 is 1.69 bits per heavy atom. The van der Waals surface area contributed by atoms with Gasteiger partial charge in [-0.15, -0.1) is 12.4 Å². The molecule has 5 nitrogen and oxygen atoms in total.